The molecule has 1 N–H and O–H groups in total. The normalized spacial score (nSPS) is 14.7. The van der Waals surface area contributed by atoms with Crippen LogP contribution in [0.1, 0.15) is 43.5 Å². The molecule has 0 bridgehead atoms. The van der Waals surface area contributed by atoms with Gasteiger partial charge in [0.25, 0.3) is 0 Å². The van der Waals surface area contributed by atoms with Crippen molar-refractivity contribution in [3.63, 3.8) is 0 Å². The maximum Gasteiger partial charge on any atom is 0.213 e. The molecular weight excluding hydrogens is 427 g/mol. The summed E-state index contributed by atoms with van der Waals surface area (Å²) in [6.07, 6.45) is 2.86. The molecule has 5 nitrogen and oxygen atoms in total. The second-order valence-electron chi connectivity index (χ2n) is 7.21. The average molecular weight is 454 g/mol. The second-order valence-corrected chi connectivity index (χ2v) is 7.21. The fraction of sp³-hybridized carbons (Fsp3) is 0.474. The summed E-state index contributed by atoms with van der Waals surface area (Å²) in [6.45, 7) is 8.75. The van der Waals surface area contributed by atoms with Crippen LogP contribution in [0.4, 0.5) is 0 Å². The topological polar surface area (TPSA) is 53.7 Å². The molecule has 136 valence electrons. The van der Waals surface area contributed by atoms with Crippen molar-refractivity contribution >= 4 is 29.9 Å². The number of nitrogens with zero attached hydrogens (tertiary/aromatic N) is 3. The molecule has 0 spiro atoms. The largest absolute Gasteiger partial charge is 0.443 e. The molecule has 1 aliphatic heterocycles. The van der Waals surface area contributed by atoms with Gasteiger partial charge in [0.15, 0.2) is 5.96 Å². The molecular formula is C19H27IN4O. The number of guanidine groups is 1. The molecule has 2 aromatic rings. The summed E-state index contributed by atoms with van der Waals surface area (Å²) in [6, 6.07) is 8.61. The number of rotatable bonds is 2. The summed E-state index contributed by atoms with van der Waals surface area (Å²) in [5.74, 6) is 2.49. The Morgan fingerprint density at radius 2 is 2.00 bits per heavy atom. The number of nitrogens with one attached hydrogen (secondary N) is 1. The van der Waals surface area contributed by atoms with Crippen LogP contribution in [0, 0.1) is 0 Å². The zero-order chi connectivity index (χ0) is 17.2. The Balaban J connectivity index is 0.00000225. The highest BCUT2D eigenvalue weighted by molar-refractivity contribution is 14.0. The van der Waals surface area contributed by atoms with Crippen LogP contribution in [0.15, 0.2) is 39.9 Å². The van der Waals surface area contributed by atoms with Crippen molar-refractivity contribution in [2.75, 3.05) is 13.6 Å². The number of aromatic nitrogens is 1. The van der Waals surface area contributed by atoms with Gasteiger partial charge in [-0.1, -0.05) is 45.0 Å². The van der Waals surface area contributed by atoms with E-state index in [2.05, 4.69) is 65.2 Å². The fourth-order valence-electron chi connectivity index (χ4n) is 2.90. The van der Waals surface area contributed by atoms with E-state index in [1.165, 1.54) is 11.1 Å². The van der Waals surface area contributed by atoms with E-state index in [1.807, 2.05) is 13.2 Å². The number of hydrogen-bond donors (Lipinski definition) is 1. The number of benzene rings is 1. The predicted octanol–water partition coefficient (Wildman–Crippen LogP) is 3.72. The highest BCUT2D eigenvalue weighted by Crippen LogP contribution is 2.22. The monoisotopic (exact) mass is 454 g/mol. The predicted molar refractivity (Wildman–Crippen MR) is 111 cm³/mol. The Labute approximate surface area is 166 Å². The molecule has 0 saturated carbocycles. The molecule has 1 aliphatic rings. The first-order valence-electron chi connectivity index (χ1n) is 8.45. The van der Waals surface area contributed by atoms with E-state index in [-0.39, 0.29) is 29.4 Å². The summed E-state index contributed by atoms with van der Waals surface area (Å²) in [4.78, 5) is 11.1. The Morgan fingerprint density at radius 3 is 2.64 bits per heavy atom. The summed E-state index contributed by atoms with van der Waals surface area (Å²) in [5, 5.41) is 3.37. The van der Waals surface area contributed by atoms with Gasteiger partial charge in [-0.25, -0.2) is 4.98 Å². The minimum absolute atomic E-state index is 0. The molecule has 0 atom stereocenters. The number of hydrogen-bond acceptors (Lipinski definition) is 3. The van der Waals surface area contributed by atoms with Crippen LogP contribution in [-0.4, -0.2) is 29.4 Å². The quantitative estimate of drug-likeness (QED) is 0.427. The fourth-order valence-corrected chi connectivity index (χ4v) is 2.90. The van der Waals surface area contributed by atoms with Crippen LogP contribution in [0.25, 0.3) is 0 Å². The molecule has 0 amide bonds. The molecule has 0 fully saturated rings. The molecule has 25 heavy (non-hydrogen) atoms. The summed E-state index contributed by atoms with van der Waals surface area (Å²) < 4.78 is 5.84. The van der Waals surface area contributed by atoms with E-state index in [0.29, 0.717) is 12.4 Å². The lowest BCUT2D eigenvalue weighted by atomic mass is 9.94. The number of oxazole rings is 1. The molecule has 0 radical (unpaired) electrons. The van der Waals surface area contributed by atoms with Crippen LogP contribution in [-0.2, 0) is 24.9 Å². The van der Waals surface area contributed by atoms with Crippen molar-refractivity contribution in [1.82, 2.24) is 15.2 Å². The number of halogens is 1. The van der Waals surface area contributed by atoms with Crippen LogP contribution in [0.3, 0.4) is 0 Å². The minimum Gasteiger partial charge on any atom is -0.443 e. The third kappa shape index (κ3) is 4.74. The number of fused-ring (bicyclic) bond motifs is 1. The van der Waals surface area contributed by atoms with E-state index in [0.717, 1.165) is 31.2 Å². The third-order valence-electron chi connectivity index (χ3n) is 4.33. The van der Waals surface area contributed by atoms with Gasteiger partial charge in [0.1, 0.15) is 5.76 Å². The van der Waals surface area contributed by atoms with Crippen LogP contribution in [0.5, 0.6) is 0 Å². The zero-order valence-electron chi connectivity index (χ0n) is 15.4. The van der Waals surface area contributed by atoms with Gasteiger partial charge in [-0.3, -0.25) is 4.99 Å². The molecule has 0 saturated heterocycles. The zero-order valence-corrected chi connectivity index (χ0v) is 17.7. The summed E-state index contributed by atoms with van der Waals surface area (Å²) in [7, 11) is 1.82. The Morgan fingerprint density at radius 1 is 1.28 bits per heavy atom. The van der Waals surface area contributed by atoms with Crippen molar-refractivity contribution in [2.45, 2.75) is 45.7 Å². The van der Waals surface area contributed by atoms with Crippen molar-refractivity contribution < 1.29 is 4.42 Å². The molecule has 2 heterocycles. The van der Waals surface area contributed by atoms with Crippen LogP contribution in [0.2, 0.25) is 0 Å². The van der Waals surface area contributed by atoms with Crippen LogP contribution < -0.4 is 5.32 Å². The first-order valence-corrected chi connectivity index (χ1v) is 8.45. The van der Waals surface area contributed by atoms with Gasteiger partial charge in [-0.15, -0.1) is 24.0 Å². The first-order chi connectivity index (χ1) is 11.5. The van der Waals surface area contributed by atoms with Gasteiger partial charge in [-0.05, 0) is 17.5 Å². The van der Waals surface area contributed by atoms with Gasteiger partial charge in [0.2, 0.25) is 5.89 Å². The summed E-state index contributed by atoms with van der Waals surface area (Å²) in [5.41, 5.74) is 2.79. The minimum atomic E-state index is -0.0243. The molecule has 0 aliphatic carbocycles. The smallest absolute Gasteiger partial charge is 0.213 e. The molecule has 1 aromatic carbocycles. The van der Waals surface area contributed by atoms with E-state index in [1.54, 1.807) is 0 Å². The van der Waals surface area contributed by atoms with E-state index < -0.39 is 0 Å². The van der Waals surface area contributed by atoms with Crippen molar-refractivity contribution in [1.29, 1.82) is 0 Å². The maximum atomic E-state index is 5.84. The van der Waals surface area contributed by atoms with Gasteiger partial charge < -0.3 is 14.6 Å². The SMILES string of the molecule is CN=C(NCc1ncc(C(C)(C)C)o1)N1CCc2ccccc2C1.I. The standard InChI is InChI=1S/C19H26N4O.HI/c1-19(2,3)16-11-21-17(24-16)12-22-18(20-4)23-10-9-14-7-5-6-8-15(14)13-23;/h5-8,11H,9-10,12-13H2,1-4H3,(H,20,22);1H. The van der Waals surface area contributed by atoms with Crippen molar-refractivity contribution in [3.8, 4) is 0 Å². The van der Waals surface area contributed by atoms with E-state index in [9.17, 15) is 0 Å². The molecule has 3 rings (SSSR count). The van der Waals surface area contributed by atoms with E-state index in [4.69, 9.17) is 4.42 Å². The maximum absolute atomic E-state index is 5.84. The Hall–Kier alpha value is -1.57. The average Bonchev–Trinajstić information content (AvgIpc) is 3.04. The Kier molecular flexibility index (Phi) is 6.48. The van der Waals surface area contributed by atoms with Gasteiger partial charge >= 0.3 is 0 Å². The van der Waals surface area contributed by atoms with Crippen molar-refractivity contribution in [3.05, 3.63) is 53.2 Å². The first kappa shape index (κ1) is 19.8. The third-order valence-corrected chi connectivity index (χ3v) is 4.33. The van der Waals surface area contributed by atoms with Gasteiger partial charge in [0.05, 0.1) is 12.7 Å². The lowest BCUT2D eigenvalue weighted by Gasteiger charge is -2.31. The Bertz CT molecular complexity index is 733. The van der Waals surface area contributed by atoms with E-state index >= 15 is 0 Å². The van der Waals surface area contributed by atoms with Crippen LogP contribution >= 0.6 is 24.0 Å². The molecule has 6 heteroatoms. The number of aliphatic imine (C=N–C) groups is 1. The molecule has 0 unspecified atom stereocenters. The lowest BCUT2D eigenvalue weighted by Crippen LogP contribution is -2.43. The highest BCUT2D eigenvalue weighted by Gasteiger charge is 2.21. The highest BCUT2D eigenvalue weighted by atomic mass is 127. The van der Waals surface area contributed by atoms with Gasteiger partial charge in [-0.2, -0.15) is 0 Å². The lowest BCUT2D eigenvalue weighted by molar-refractivity contribution is 0.362. The van der Waals surface area contributed by atoms with Crippen molar-refractivity contribution in [2.24, 2.45) is 4.99 Å². The summed E-state index contributed by atoms with van der Waals surface area (Å²) >= 11 is 0. The van der Waals surface area contributed by atoms with Gasteiger partial charge in [0, 0.05) is 25.6 Å². The molecule has 1 aromatic heterocycles. The second kappa shape index (κ2) is 8.21.